The fourth-order valence-corrected chi connectivity index (χ4v) is 2.96. The van der Waals surface area contributed by atoms with Crippen molar-refractivity contribution in [1.29, 1.82) is 0 Å². The minimum Gasteiger partial charge on any atom is -0.329 e. The van der Waals surface area contributed by atoms with Gasteiger partial charge in [-0.2, -0.15) is 0 Å². The zero-order valence-electron chi connectivity index (χ0n) is 13.8. The number of likely N-dealkylation sites (tertiary alicyclic amines) is 1. The molecule has 0 bridgehead atoms. The zero-order chi connectivity index (χ0) is 15.4. The van der Waals surface area contributed by atoms with E-state index >= 15 is 0 Å². The zero-order valence-corrected chi connectivity index (χ0v) is 14.6. The molecule has 1 aliphatic rings. The Hall–Kier alpha value is -1.10. The van der Waals surface area contributed by atoms with Crippen LogP contribution in [0.25, 0.3) is 0 Å². The van der Waals surface area contributed by atoms with Crippen molar-refractivity contribution in [2.24, 2.45) is 11.7 Å². The molecule has 22 heavy (non-hydrogen) atoms. The molecular formula is C17H28ClN3O. The second kappa shape index (κ2) is 8.51. The minimum absolute atomic E-state index is 0. The van der Waals surface area contributed by atoms with Crippen molar-refractivity contribution < 1.29 is 4.79 Å². The van der Waals surface area contributed by atoms with Gasteiger partial charge in [0.25, 0.3) is 0 Å². The number of amides is 1. The van der Waals surface area contributed by atoms with Gasteiger partial charge >= 0.3 is 0 Å². The molecule has 4 nitrogen and oxygen atoms in total. The standard InChI is InChI=1S/C17H27N3O.ClH/c1-12-6-7-20(16(8-12)10-18)11-17(21)19-15-5-4-13(2)14(3)9-15;/h4-5,9,12,16H,6-8,10-11,18H2,1-3H3,(H,19,21);1H. The van der Waals surface area contributed by atoms with Gasteiger partial charge in [0.2, 0.25) is 5.91 Å². The van der Waals surface area contributed by atoms with E-state index in [-0.39, 0.29) is 18.3 Å². The first-order chi connectivity index (χ1) is 9.99. The maximum absolute atomic E-state index is 12.2. The van der Waals surface area contributed by atoms with E-state index in [4.69, 9.17) is 5.73 Å². The minimum atomic E-state index is 0. The Kier molecular flexibility index (Phi) is 7.33. The lowest BCUT2D eigenvalue weighted by Gasteiger charge is -2.37. The first-order valence-corrected chi connectivity index (χ1v) is 7.80. The van der Waals surface area contributed by atoms with Gasteiger partial charge in [-0.1, -0.05) is 13.0 Å². The molecule has 1 aromatic carbocycles. The van der Waals surface area contributed by atoms with Crippen molar-refractivity contribution >= 4 is 24.0 Å². The summed E-state index contributed by atoms with van der Waals surface area (Å²) in [5.41, 5.74) is 9.15. The smallest absolute Gasteiger partial charge is 0.238 e. The number of aryl methyl sites for hydroxylation is 2. The molecular weight excluding hydrogens is 298 g/mol. The van der Waals surface area contributed by atoms with Crippen LogP contribution in [0.3, 0.4) is 0 Å². The normalized spacial score (nSPS) is 22.0. The van der Waals surface area contributed by atoms with Gasteiger partial charge in [0, 0.05) is 18.3 Å². The predicted octanol–water partition coefficient (Wildman–Crippen LogP) is 2.72. The molecule has 3 N–H and O–H groups in total. The Morgan fingerprint density at radius 1 is 1.36 bits per heavy atom. The van der Waals surface area contributed by atoms with E-state index in [0.29, 0.717) is 25.0 Å². The maximum Gasteiger partial charge on any atom is 0.238 e. The van der Waals surface area contributed by atoms with Crippen LogP contribution in [0.15, 0.2) is 18.2 Å². The third kappa shape index (κ3) is 4.97. The first-order valence-electron chi connectivity index (χ1n) is 7.80. The molecule has 1 aliphatic heterocycles. The Labute approximate surface area is 139 Å². The van der Waals surface area contributed by atoms with Crippen LogP contribution in [0.2, 0.25) is 0 Å². The Balaban J connectivity index is 0.00000242. The molecule has 124 valence electrons. The molecule has 1 amide bonds. The van der Waals surface area contributed by atoms with E-state index < -0.39 is 0 Å². The van der Waals surface area contributed by atoms with Gasteiger partial charge in [0.15, 0.2) is 0 Å². The molecule has 2 atom stereocenters. The summed E-state index contributed by atoms with van der Waals surface area (Å²) in [5, 5.41) is 2.99. The van der Waals surface area contributed by atoms with Crippen LogP contribution in [0.1, 0.15) is 30.9 Å². The largest absolute Gasteiger partial charge is 0.329 e. The SMILES string of the molecule is Cc1ccc(NC(=O)CN2CCC(C)CC2CN)cc1C.Cl. The molecule has 0 saturated carbocycles. The van der Waals surface area contributed by atoms with Crippen molar-refractivity contribution in [3.8, 4) is 0 Å². The monoisotopic (exact) mass is 325 g/mol. The van der Waals surface area contributed by atoms with E-state index in [9.17, 15) is 4.79 Å². The number of benzene rings is 1. The van der Waals surface area contributed by atoms with Gasteiger partial charge in [-0.05, 0) is 62.4 Å². The van der Waals surface area contributed by atoms with Gasteiger partial charge in [0.05, 0.1) is 6.54 Å². The van der Waals surface area contributed by atoms with Crippen LogP contribution in [-0.4, -0.2) is 36.5 Å². The van der Waals surface area contributed by atoms with Crippen LogP contribution >= 0.6 is 12.4 Å². The highest BCUT2D eigenvalue weighted by atomic mass is 35.5. The molecule has 0 aromatic heterocycles. The number of halogens is 1. The summed E-state index contributed by atoms with van der Waals surface area (Å²) in [6.07, 6.45) is 2.24. The Bertz CT molecular complexity index is 507. The molecule has 2 unspecified atom stereocenters. The van der Waals surface area contributed by atoms with Crippen LogP contribution in [-0.2, 0) is 4.79 Å². The number of hydrogen-bond acceptors (Lipinski definition) is 3. The molecule has 1 heterocycles. The lowest BCUT2D eigenvalue weighted by molar-refractivity contribution is -0.118. The predicted molar refractivity (Wildman–Crippen MR) is 94.6 cm³/mol. The molecule has 0 radical (unpaired) electrons. The molecule has 1 aromatic rings. The lowest BCUT2D eigenvalue weighted by atomic mass is 9.92. The Morgan fingerprint density at radius 3 is 2.73 bits per heavy atom. The highest BCUT2D eigenvalue weighted by Crippen LogP contribution is 2.22. The summed E-state index contributed by atoms with van der Waals surface area (Å²) >= 11 is 0. The third-order valence-electron chi connectivity index (χ3n) is 4.51. The van der Waals surface area contributed by atoms with Gasteiger partial charge in [0.1, 0.15) is 0 Å². The fraction of sp³-hybridized carbons (Fsp3) is 0.588. The number of piperidine rings is 1. The van der Waals surface area contributed by atoms with Crippen molar-refractivity contribution in [1.82, 2.24) is 4.90 Å². The number of anilines is 1. The van der Waals surface area contributed by atoms with E-state index in [1.54, 1.807) is 0 Å². The highest BCUT2D eigenvalue weighted by Gasteiger charge is 2.26. The summed E-state index contributed by atoms with van der Waals surface area (Å²) in [6, 6.07) is 6.35. The third-order valence-corrected chi connectivity index (χ3v) is 4.51. The lowest BCUT2D eigenvalue weighted by Crippen LogP contribution is -2.49. The summed E-state index contributed by atoms with van der Waals surface area (Å²) in [4.78, 5) is 14.4. The number of hydrogen-bond donors (Lipinski definition) is 2. The highest BCUT2D eigenvalue weighted by molar-refractivity contribution is 5.92. The van der Waals surface area contributed by atoms with Crippen molar-refractivity contribution in [3.63, 3.8) is 0 Å². The quantitative estimate of drug-likeness (QED) is 0.895. The summed E-state index contributed by atoms with van der Waals surface area (Å²) < 4.78 is 0. The molecule has 1 fully saturated rings. The van der Waals surface area contributed by atoms with Crippen molar-refractivity contribution in [3.05, 3.63) is 29.3 Å². The van der Waals surface area contributed by atoms with E-state index in [0.717, 1.165) is 25.1 Å². The second-order valence-corrected chi connectivity index (χ2v) is 6.34. The molecule has 1 saturated heterocycles. The van der Waals surface area contributed by atoms with Crippen LogP contribution in [0, 0.1) is 19.8 Å². The average molecular weight is 326 g/mol. The molecule has 5 heteroatoms. The number of carbonyl (C=O) groups excluding carboxylic acids is 1. The van der Waals surface area contributed by atoms with Crippen LogP contribution < -0.4 is 11.1 Å². The fourth-order valence-electron chi connectivity index (χ4n) is 2.96. The second-order valence-electron chi connectivity index (χ2n) is 6.34. The summed E-state index contributed by atoms with van der Waals surface area (Å²) in [5.74, 6) is 0.754. The van der Waals surface area contributed by atoms with Crippen molar-refractivity contribution in [2.75, 3.05) is 25.0 Å². The molecule has 0 aliphatic carbocycles. The average Bonchev–Trinajstić information content (AvgIpc) is 2.44. The van der Waals surface area contributed by atoms with E-state index in [1.165, 1.54) is 11.1 Å². The van der Waals surface area contributed by atoms with Crippen LogP contribution in [0.5, 0.6) is 0 Å². The van der Waals surface area contributed by atoms with Gasteiger partial charge in [-0.3, -0.25) is 9.69 Å². The summed E-state index contributed by atoms with van der Waals surface area (Å²) in [6.45, 7) is 8.41. The number of rotatable bonds is 4. The van der Waals surface area contributed by atoms with Gasteiger partial charge in [-0.15, -0.1) is 12.4 Å². The molecule has 0 spiro atoms. The number of nitrogens with two attached hydrogens (primary N) is 1. The maximum atomic E-state index is 12.2. The topological polar surface area (TPSA) is 58.4 Å². The van der Waals surface area contributed by atoms with Crippen LogP contribution in [0.4, 0.5) is 5.69 Å². The first kappa shape index (κ1) is 18.9. The number of carbonyl (C=O) groups is 1. The van der Waals surface area contributed by atoms with Crippen molar-refractivity contribution in [2.45, 2.75) is 39.7 Å². The number of nitrogens with one attached hydrogen (secondary N) is 1. The Morgan fingerprint density at radius 2 is 2.09 bits per heavy atom. The summed E-state index contributed by atoms with van der Waals surface area (Å²) in [7, 11) is 0. The van der Waals surface area contributed by atoms with Gasteiger partial charge in [-0.25, -0.2) is 0 Å². The molecule has 2 rings (SSSR count). The van der Waals surface area contributed by atoms with E-state index in [1.807, 2.05) is 18.2 Å². The van der Waals surface area contributed by atoms with E-state index in [2.05, 4.69) is 31.0 Å². The van der Waals surface area contributed by atoms with Gasteiger partial charge < -0.3 is 11.1 Å². The number of nitrogens with zero attached hydrogens (tertiary/aromatic N) is 1.